The number of hydrogen-bond donors (Lipinski definition) is 2. The lowest BCUT2D eigenvalue weighted by atomic mass is 9.96. The summed E-state index contributed by atoms with van der Waals surface area (Å²) in [7, 11) is 3.81. The van der Waals surface area contributed by atoms with E-state index in [2.05, 4.69) is 65.4 Å². The van der Waals surface area contributed by atoms with Crippen molar-refractivity contribution in [2.24, 2.45) is 11.0 Å². The molecule has 396 valence electrons. The number of benzene rings is 3. The van der Waals surface area contributed by atoms with Gasteiger partial charge in [-0.3, -0.25) is 29.0 Å². The zero-order chi connectivity index (χ0) is 52.2. The highest BCUT2D eigenvalue weighted by Crippen LogP contribution is 2.22. The molecule has 0 atom stereocenters. The van der Waals surface area contributed by atoms with E-state index in [-0.39, 0.29) is 17.4 Å². The summed E-state index contributed by atoms with van der Waals surface area (Å²) in [6, 6.07) is 19.6. The zero-order valence-corrected chi connectivity index (χ0v) is 43.6. The average Bonchev–Trinajstić information content (AvgIpc) is 3.84. The highest BCUT2D eigenvalue weighted by Gasteiger charge is 2.30. The number of fused-ring (bicyclic) bond motifs is 1. The molecule has 18 heteroatoms. The Kier molecular flexibility index (Phi) is 21.3. The SMILES string of the molecule is CCCN(C)CCc1cccc(C(=O)NCCN2CCC(CN3CCN(CC(=O)N4CCN(C(=O)c5cc(C/C(=N/NC)c6ccccc6C=O)ccc5F)CC4)CC3)CC2)c1.O=CCN1Cc2cncnc2C1. The van der Waals surface area contributed by atoms with Gasteiger partial charge in [-0.1, -0.05) is 49.4 Å². The number of nitrogens with zero attached hydrogens (tertiary/aromatic N) is 10. The lowest BCUT2D eigenvalue weighted by Gasteiger charge is -2.40. The summed E-state index contributed by atoms with van der Waals surface area (Å²) in [5.74, 6) is -0.286. The molecule has 5 heterocycles. The molecule has 3 amide bonds. The van der Waals surface area contributed by atoms with Crippen molar-refractivity contribution in [2.75, 3.05) is 125 Å². The van der Waals surface area contributed by atoms with Crippen molar-refractivity contribution < 1.29 is 28.4 Å². The van der Waals surface area contributed by atoms with E-state index in [1.54, 1.807) is 42.5 Å². The zero-order valence-electron chi connectivity index (χ0n) is 43.6. The molecule has 4 aromatic rings. The van der Waals surface area contributed by atoms with Gasteiger partial charge in [0.25, 0.3) is 11.8 Å². The molecule has 0 bridgehead atoms. The molecule has 0 aliphatic carbocycles. The molecule has 8 rings (SSSR count). The lowest BCUT2D eigenvalue weighted by molar-refractivity contribution is -0.134. The number of likely N-dealkylation sites (N-methyl/N-ethyl adjacent to an activating group) is 1. The van der Waals surface area contributed by atoms with Crippen molar-refractivity contribution in [1.82, 2.24) is 55.0 Å². The minimum Gasteiger partial charge on any atom is -0.351 e. The van der Waals surface area contributed by atoms with Crippen molar-refractivity contribution in [3.05, 3.63) is 130 Å². The van der Waals surface area contributed by atoms with E-state index in [0.717, 1.165) is 134 Å². The molecular weight excluding hydrogens is 940 g/mol. The topological polar surface area (TPSA) is 170 Å². The smallest absolute Gasteiger partial charge is 0.256 e. The number of carbonyl (C=O) groups excluding carboxylic acids is 5. The number of amides is 3. The predicted molar refractivity (Wildman–Crippen MR) is 285 cm³/mol. The van der Waals surface area contributed by atoms with Crippen LogP contribution in [0.5, 0.6) is 0 Å². The molecule has 0 saturated carbocycles. The van der Waals surface area contributed by atoms with Crippen LogP contribution in [0.1, 0.15) is 85.2 Å². The quantitative estimate of drug-likeness (QED) is 0.0705. The summed E-state index contributed by atoms with van der Waals surface area (Å²) in [5, 5.41) is 7.51. The summed E-state index contributed by atoms with van der Waals surface area (Å²) in [6.45, 7) is 16.4. The number of likely N-dealkylation sites (tertiary alicyclic amines) is 1. The van der Waals surface area contributed by atoms with E-state index in [9.17, 15) is 24.0 Å². The molecule has 0 radical (unpaired) electrons. The van der Waals surface area contributed by atoms with Gasteiger partial charge in [-0.25, -0.2) is 14.4 Å². The second-order valence-electron chi connectivity index (χ2n) is 19.9. The molecule has 17 nitrogen and oxygen atoms in total. The maximum Gasteiger partial charge on any atom is 0.256 e. The largest absolute Gasteiger partial charge is 0.351 e. The van der Waals surface area contributed by atoms with E-state index >= 15 is 4.39 Å². The van der Waals surface area contributed by atoms with Crippen molar-refractivity contribution >= 4 is 36.0 Å². The molecule has 74 heavy (non-hydrogen) atoms. The number of hydrazone groups is 1. The minimum absolute atomic E-state index is 0.00165. The Bertz CT molecular complexity index is 2500. The number of aldehydes is 2. The molecule has 2 N–H and O–H groups in total. The number of hydrogen-bond acceptors (Lipinski definition) is 14. The Morgan fingerprint density at radius 1 is 0.811 bits per heavy atom. The Hall–Kier alpha value is -6.31. The number of halogens is 1. The highest BCUT2D eigenvalue weighted by molar-refractivity contribution is 6.07. The summed E-state index contributed by atoms with van der Waals surface area (Å²) in [4.78, 5) is 84.8. The summed E-state index contributed by atoms with van der Waals surface area (Å²) in [5.41, 5.74) is 9.34. The van der Waals surface area contributed by atoms with Crippen LogP contribution in [0.4, 0.5) is 4.39 Å². The molecule has 0 spiro atoms. The van der Waals surface area contributed by atoms with Crippen LogP contribution < -0.4 is 10.7 Å². The molecular formula is C56H75FN12O5. The van der Waals surface area contributed by atoms with Crippen molar-refractivity contribution in [3.8, 4) is 0 Å². The fraction of sp³-hybridized carbons (Fsp3) is 0.500. The molecule has 3 aromatic carbocycles. The van der Waals surface area contributed by atoms with E-state index in [0.29, 0.717) is 80.6 Å². The van der Waals surface area contributed by atoms with Crippen molar-refractivity contribution in [2.45, 2.75) is 52.1 Å². The number of piperidine rings is 1. The first-order valence-electron chi connectivity index (χ1n) is 26.3. The Morgan fingerprint density at radius 3 is 2.30 bits per heavy atom. The number of piperazine rings is 2. The minimum atomic E-state index is -0.598. The molecule has 3 saturated heterocycles. The first-order valence-corrected chi connectivity index (χ1v) is 26.3. The third kappa shape index (κ3) is 16.1. The molecule has 4 aliphatic heterocycles. The standard InChI is InChI=1S/C48H66FN9O4.C8H9N3O/c1-4-18-53(3)19-14-37-8-7-10-40(31-37)47(61)51-17-22-54-20-15-38(16-21-54)34-55-23-25-56(26-24-55)35-46(60)57-27-29-58(30-28-57)48(62)43-32-39(12-13-44(43)49)33-45(52-50-2)42-11-6-5-9-41(42)36-59;12-2-1-11-4-7-3-9-6-10-8(7)5-11/h5-13,31-32,36,38,50H,4,14-30,33-35H2,1-3H3,(H,51,61);2-3,6H,1,4-5H2/b52-45-;. The lowest BCUT2D eigenvalue weighted by Crippen LogP contribution is -2.55. The maximum absolute atomic E-state index is 15.1. The molecule has 0 unspecified atom stereocenters. The van der Waals surface area contributed by atoms with Gasteiger partial charge in [-0.2, -0.15) is 5.10 Å². The summed E-state index contributed by atoms with van der Waals surface area (Å²) in [6.07, 6.45) is 9.72. The van der Waals surface area contributed by atoms with Crippen LogP contribution in [-0.2, 0) is 35.5 Å². The fourth-order valence-corrected chi connectivity index (χ4v) is 10.3. The predicted octanol–water partition coefficient (Wildman–Crippen LogP) is 3.72. The van der Waals surface area contributed by atoms with Gasteiger partial charge in [-0.15, -0.1) is 0 Å². The van der Waals surface area contributed by atoms with Gasteiger partial charge in [0.2, 0.25) is 5.91 Å². The van der Waals surface area contributed by atoms with E-state index in [4.69, 9.17) is 0 Å². The van der Waals surface area contributed by atoms with Gasteiger partial charge >= 0.3 is 0 Å². The number of nitrogens with one attached hydrogen (secondary N) is 2. The first kappa shape index (κ1) is 55.4. The van der Waals surface area contributed by atoms with Crippen molar-refractivity contribution in [1.29, 1.82) is 0 Å². The van der Waals surface area contributed by atoms with Crippen LogP contribution in [0.3, 0.4) is 0 Å². The second kappa shape index (κ2) is 28.4. The number of carbonyl (C=O) groups is 5. The van der Waals surface area contributed by atoms with Crippen LogP contribution in [-0.4, -0.2) is 206 Å². The third-order valence-electron chi connectivity index (χ3n) is 14.5. The number of rotatable bonds is 21. The van der Waals surface area contributed by atoms with Gasteiger partial charge in [0, 0.05) is 134 Å². The highest BCUT2D eigenvalue weighted by atomic mass is 19.1. The van der Waals surface area contributed by atoms with Gasteiger partial charge < -0.3 is 40.0 Å². The van der Waals surface area contributed by atoms with Crippen LogP contribution >= 0.6 is 0 Å². The average molecular weight is 1020 g/mol. The van der Waals surface area contributed by atoms with Crippen LogP contribution in [0.2, 0.25) is 0 Å². The Morgan fingerprint density at radius 2 is 1.57 bits per heavy atom. The monoisotopic (exact) mass is 1010 g/mol. The molecule has 3 fully saturated rings. The summed E-state index contributed by atoms with van der Waals surface area (Å²) >= 11 is 0. The van der Waals surface area contributed by atoms with Gasteiger partial charge in [0.15, 0.2) is 6.29 Å². The number of aromatic nitrogens is 2. The van der Waals surface area contributed by atoms with Gasteiger partial charge in [0.05, 0.1) is 30.1 Å². The van der Waals surface area contributed by atoms with E-state index < -0.39 is 11.7 Å². The normalized spacial score (nSPS) is 17.1. The van der Waals surface area contributed by atoms with Crippen LogP contribution in [0, 0.1) is 11.7 Å². The fourth-order valence-electron chi connectivity index (χ4n) is 10.3. The van der Waals surface area contributed by atoms with E-state index in [1.165, 1.54) is 11.6 Å². The maximum atomic E-state index is 15.1. The van der Waals surface area contributed by atoms with Gasteiger partial charge in [-0.05, 0) is 93.7 Å². The third-order valence-corrected chi connectivity index (χ3v) is 14.5. The second-order valence-corrected chi connectivity index (χ2v) is 19.9. The molecule has 1 aromatic heterocycles. The Labute approximate surface area is 436 Å². The van der Waals surface area contributed by atoms with Crippen LogP contribution in [0.15, 0.2) is 84.4 Å². The van der Waals surface area contributed by atoms with Gasteiger partial charge in [0.1, 0.15) is 18.4 Å². The Balaban J connectivity index is 0.000000579. The molecule has 4 aliphatic rings. The van der Waals surface area contributed by atoms with E-state index in [1.807, 2.05) is 46.3 Å². The van der Waals surface area contributed by atoms with Crippen molar-refractivity contribution in [3.63, 3.8) is 0 Å². The first-order chi connectivity index (χ1) is 36.0. The summed E-state index contributed by atoms with van der Waals surface area (Å²) < 4.78 is 15.1. The van der Waals surface area contributed by atoms with Crippen LogP contribution in [0.25, 0.3) is 0 Å².